The molecule has 0 radical (unpaired) electrons. The van der Waals surface area contributed by atoms with E-state index < -0.39 is 167 Å². The van der Waals surface area contributed by atoms with Gasteiger partial charge in [0.1, 0.15) is 82.8 Å². The normalized spacial score (nSPS) is 15.2. The van der Waals surface area contributed by atoms with E-state index in [2.05, 4.69) is 47.5 Å². The van der Waals surface area contributed by atoms with E-state index >= 15 is 24.0 Å². The van der Waals surface area contributed by atoms with Crippen molar-refractivity contribution in [1.82, 2.24) is 61.6 Å². The number of likely N-dealkylation sites (tertiary alicyclic amines) is 1. The number of nitrogens with zero attached hydrogens (tertiary/aromatic N) is 4. The molecule has 1 saturated heterocycles. The maximum atomic E-state index is 15.8. The summed E-state index contributed by atoms with van der Waals surface area (Å²) in [6, 6.07) is 13.6. The average molecular weight is 1580 g/mol. The van der Waals surface area contributed by atoms with E-state index in [0.29, 0.717) is 32.7 Å². The highest BCUT2D eigenvalue weighted by Gasteiger charge is 2.45. The topological polar surface area (TPSA) is 443 Å². The second kappa shape index (κ2) is 38.4. The minimum Gasteiger partial charge on any atom is -0.488 e. The van der Waals surface area contributed by atoms with E-state index in [1.807, 2.05) is 57.2 Å². The van der Waals surface area contributed by atoms with Crippen molar-refractivity contribution >= 4 is 99.1 Å². The lowest BCUT2D eigenvalue weighted by atomic mass is 9.98. The molecule has 1 fully saturated rings. The molecular formula is C82H112N14O18. The predicted molar refractivity (Wildman–Crippen MR) is 425 cm³/mol. The maximum absolute atomic E-state index is 15.8. The second-order valence-corrected chi connectivity index (χ2v) is 33.7. The Morgan fingerprint density at radius 3 is 1.62 bits per heavy atom. The van der Waals surface area contributed by atoms with Crippen molar-refractivity contribution in [3.8, 4) is 5.75 Å². The Labute approximate surface area is 664 Å². The largest absolute Gasteiger partial charge is 0.488 e. The van der Waals surface area contributed by atoms with Gasteiger partial charge in [-0.05, 0) is 181 Å². The molecule has 3 heterocycles. The minimum absolute atomic E-state index is 0.0182. The van der Waals surface area contributed by atoms with E-state index in [4.69, 9.17) is 34.8 Å². The van der Waals surface area contributed by atoms with Crippen molar-refractivity contribution in [2.75, 3.05) is 13.2 Å². The van der Waals surface area contributed by atoms with Crippen molar-refractivity contribution < 1.29 is 86.3 Å². The van der Waals surface area contributed by atoms with Crippen molar-refractivity contribution in [3.63, 3.8) is 0 Å². The number of nitrogens with two attached hydrogens (primary N) is 1. The van der Waals surface area contributed by atoms with Gasteiger partial charge in [0.05, 0.1) is 23.4 Å². The Kier molecular flexibility index (Phi) is 30.2. The van der Waals surface area contributed by atoms with Crippen LogP contribution in [0.3, 0.4) is 0 Å². The molecule has 6 aromatic rings. The van der Waals surface area contributed by atoms with Gasteiger partial charge in [-0.15, -0.1) is 0 Å². The number of imidazole rings is 1. The number of para-hydroxylation sites is 1. The summed E-state index contributed by atoms with van der Waals surface area (Å²) in [5, 5.41) is 41.6. The molecule has 0 aliphatic carbocycles. The number of aromatic nitrogens is 3. The number of imide groups is 1. The van der Waals surface area contributed by atoms with Gasteiger partial charge in [-0.3, -0.25) is 48.3 Å². The van der Waals surface area contributed by atoms with Gasteiger partial charge in [0.15, 0.2) is 5.96 Å². The third-order valence-electron chi connectivity index (χ3n) is 17.4. The van der Waals surface area contributed by atoms with Crippen LogP contribution < -0.4 is 53.0 Å². The zero-order valence-corrected chi connectivity index (χ0v) is 68.1. The van der Waals surface area contributed by atoms with Gasteiger partial charge in [0.25, 0.3) is 0 Å². The summed E-state index contributed by atoms with van der Waals surface area (Å²) in [6.07, 6.45) is -0.638. The minimum atomic E-state index is -1.78. The summed E-state index contributed by atoms with van der Waals surface area (Å²) < 4.78 is 31.5. The summed E-state index contributed by atoms with van der Waals surface area (Å²) in [6.45, 7) is 28.5. The zero-order valence-electron chi connectivity index (χ0n) is 68.1. The summed E-state index contributed by atoms with van der Waals surface area (Å²) in [5.74, 6) is -8.93. The Bertz CT molecular complexity index is 4480. The number of carbonyl (C=O) groups is 12. The van der Waals surface area contributed by atoms with Gasteiger partial charge in [-0.25, -0.2) is 33.6 Å². The van der Waals surface area contributed by atoms with E-state index in [-0.39, 0.29) is 74.6 Å². The molecule has 4 aromatic carbocycles. The van der Waals surface area contributed by atoms with Crippen LogP contribution in [-0.2, 0) is 87.8 Å². The standard InChI is InChI=1S/C82H112N14O18/c1-47(2)37-57(66(98)87-56(73(105)106)26-22-36-85-74(83)84)88-68(100)59(40-49-28-31-50-23-18-19-24-51(50)38-49)89-67(99)58(39-48-29-32-54(33-30-48)111-79(6,7)8)90-71(103)62(45-110-78(3,4)5)93-69(101)60(41-52-43-95(76(108)113-81(12,13)14)63-27-21-20-25-55(52)63)91-70(102)61(42-53-44-94(46-86-53)75(107)112-80(9,10)11)92-72(104)64-34-35-65(97)96(64)77(109)114-82(15,16)17/h18-21,23-25,27-33,38,43-44,46-47,56-62,64H,22,26,34-37,39-42,45H2,1-17H3,(H,87,98)(H,88,100)(H,89,99)(H,90,103)(H,91,102)(H,92,104)(H,93,101)(H,105,106)(H4,83,84,85)/t56-,57-,58-,59+,60-,61-,62-,64-/m0/s1. The van der Waals surface area contributed by atoms with Crippen LogP contribution in [0.1, 0.15) is 172 Å². The van der Waals surface area contributed by atoms with E-state index in [0.717, 1.165) is 21.7 Å². The highest BCUT2D eigenvalue weighted by Crippen LogP contribution is 2.28. The fraction of sp³-hybridized carbons (Fsp3) is 0.512. The van der Waals surface area contributed by atoms with Gasteiger partial charge in [0, 0.05) is 56.4 Å². The molecule has 0 spiro atoms. The summed E-state index contributed by atoms with van der Waals surface area (Å²) in [7, 11) is 0. The smallest absolute Gasteiger partial charge is 0.419 e. The molecule has 8 atom stereocenters. The second-order valence-electron chi connectivity index (χ2n) is 33.7. The number of carboxylic acid groups (broad SMARTS) is 1. The number of ether oxygens (including phenoxy) is 5. The first-order valence-electron chi connectivity index (χ1n) is 38.0. The number of hydrogen-bond donors (Lipinski definition) is 11. The molecule has 1 aliphatic heterocycles. The van der Waals surface area contributed by atoms with Gasteiger partial charge in [0.2, 0.25) is 47.3 Å². The number of amides is 9. The van der Waals surface area contributed by atoms with Crippen molar-refractivity contribution in [2.24, 2.45) is 11.7 Å². The number of hydrogen-bond acceptors (Lipinski definition) is 19. The summed E-state index contributed by atoms with van der Waals surface area (Å²) in [4.78, 5) is 179. The Hall–Kier alpha value is -11.4. The van der Waals surface area contributed by atoms with Gasteiger partial charge < -0.3 is 77.1 Å². The number of aliphatic carboxylic acids is 1. The van der Waals surface area contributed by atoms with Crippen LogP contribution in [0.15, 0.2) is 110 Å². The first-order valence-corrected chi connectivity index (χ1v) is 38.0. The molecule has 7 rings (SSSR count). The summed E-state index contributed by atoms with van der Waals surface area (Å²) >= 11 is 0. The van der Waals surface area contributed by atoms with Crippen LogP contribution >= 0.6 is 0 Å². The van der Waals surface area contributed by atoms with Crippen LogP contribution in [0.4, 0.5) is 14.4 Å². The highest BCUT2D eigenvalue weighted by molar-refractivity contribution is 6.03. The van der Waals surface area contributed by atoms with Crippen LogP contribution in [0.5, 0.6) is 5.75 Å². The monoisotopic (exact) mass is 1580 g/mol. The quantitative estimate of drug-likeness (QED) is 0.00840. The first-order chi connectivity index (χ1) is 53.1. The molecule has 0 unspecified atom stereocenters. The molecule has 0 bridgehead atoms. The van der Waals surface area contributed by atoms with E-state index in [1.54, 1.807) is 152 Å². The number of rotatable bonds is 32. The number of fused-ring (bicyclic) bond motifs is 2. The molecule has 618 valence electrons. The van der Waals surface area contributed by atoms with Gasteiger partial charge in [-0.1, -0.05) is 86.6 Å². The molecule has 32 nitrogen and oxygen atoms in total. The molecule has 1 aliphatic rings. The van der Waals surface area contributed by atoms with E-state index in [9.17, 15) is 38.7 Å². The van der Waals surface area contributed by atoms with Gasteiger partial charge in [-0.2, -0.15) is 0 Å². The number of nitrogens with one attached hydrogen (secondary N) is 9. The SMILES string of the molecule is CC(C)C[C@H](NC(=O)[C@@H](Cc1ccc2ccccc2c1)NC(=O)[C@H](Cc1ccc(OC(C)(C)C)cc1)NC(=O)[C@H](COC(C)(C)C)NC(=O)[C@H](Cc1cn(C(=O)OC(C)(C)C)c2ccccc12)NC(=O)[C@H](Cc1cn(C(=O)OC(C)(C)C)cn1)NC(=O)[C@@H]1CCC(=O)N1C(=O)OC(C)(C)C)C(=O)N[C@@H](CCCNC(=N)N)C(=O)O. The van der Waals surface area contributed by atoms with Crippen LogP contribution in [0, 0.1) is 11.3 Å². The predicted octanol–water partition coefficient (Wildman–Crippen LogP) is 7.53. The molecule has 9 amide bonds. The number of carbonyl (C=O) groups excluding carboxylic acids is 11. The Balaban J connectivity index is 1.31. The molecule has 114 heavy (non-hydrogen) atoms. The van der Waals surface area contributed by atoms with Crippen molar-refractivity contribution in [3.05, 3.63) is 132 Å². The Morgan fingerprint density at radius 1 is 0.553 bits per heavy atom. The molecule has 32 heteroatoms. The fourth-order valence-corrected chi connectivity index (χ4v) is 12.3. The lowest BCUT2D eigenvalue weighted by Gasteiger charge is -2.30. The third kappa shape index (κ3) is 28.0. The third-order valence-corrected chi connectivity index (χ3v) is 17.4. The van der Waals surface area contributed by atoms with Crippen LogP contribution in [0.25, 0.3) is 21.7 Å². The molecule has 0 saturated carbocycles. The van der Waals surface area contributed by atoms with Crippen LogP contribution in [0.2, 0.25) is 0 Å². The van der Waals surface area contributed by atoms with Gasteiger partial charge >= 0.3 is 24.2 Å². The molecule has 2 aromatic heterocycles. The number of benzene rings is 4. The van der Waals surface area contributed by atoms with E-state index in [1.165, 1.54) is 17.0 Å². The lowest BCUT2D eigenvalue weighted by Crippen LogP contribution is -2.62. The number of guanidine groups is 1. The van der Waals surface area contributed by atoms with Crippen molar-refractivity contribution in [2.45, 2.75) is 252 Å². The number of carboxylic acids is 1. The zero-order chi connectivity index (χ0) is 84.5. The van der Waals surface area contributed by atoms with Crippen molar-refractivity contribution in [1.29, 1.82) is 5.41 Å². The van der Waals surface area contributed by atoms with Crippen LogP contribution in [-0.4, -0.2) is 191 Å². The average Bonchev–Trinajstić information content (AvgIpc) is 1.66. The molecular weight excluding hydrogens is 1470 g/mol. The summed E-state index contributed by atoms with van der Waals surface area (Å²) in [5.41, 5.74) is 2.46. The lowest BCUT2D eigenvalue weighted by molar-refractivity contribution is -0.142. The fourth-order valence-electron chi connectivity index (χ4n) is 12.3. The highest BCUT2D eigenvalue weighted by atomic mass is 16.6. The maximum Gasteiger partial charge on any atom is 0.419 e. The first kappa shape index (κ1) is 89.8. The Morgan fingerprint density at radius 2 is 1.05 bits per heavy atom. The molecule has 12 N–H and O–H groups in total.